The van der Waals surface area contributed by atoms with Gasteiger partial charge in [0.2, 0.25) is 6.34 Å². The van der Waals surface area contributed by atoms with Crippen LogP contribution in [0.5, 0.6) is 6.01 Å². The van der Waals surface area contributed by atoms with Crippen molar-refractivity contribution in [1.29, 1.82) is 0 Å². The third kappa shape index (κ3) is 27.9. The van der Waals surface area contributed by atoms with E-state index in [2.05, 4.69) is 219 Å². The molecule has 45 heteroatoms. The summed E-state index contributed by atoms with van der Waals surface area (Å²) < 4.78 is 43.7. The lowest BCUT2D eigenvalue weighted by atomic mass is 10.1. The topological polar surface area (TPSA) is 556 Å². The summed E-state index contributed by atoms with van der Waals surface area (Å²) in [5.41, 5.74) is 21.5. The van der Waals surface area contributed by atoms with Crippen LogP contribution >= 0.6 is 34.4 Å². The maximum absolute atomic E-state index is 10.6. The molecular weight excluding hydrogens is 1880 g/mol. The zero-order valence-electron chi connectivity index (χ0n) is 83.7. The van der Waals surface area contributed by atoms with Crippen LogP contribution in [0, 0.1) is 13.8 Å². The molecule has 139 heavy (non-hydrogen) atoms. The lowest BCUT2D eigenvalue weighted by molar-refractivity contribution is -0.313. The molecule has 9 aromatic heterocycles. The summed E-state index contributed by atoms with van der Waals surface area (Å²) in [4.78, 5) is 57.2. The van der Waals surface area contributed by atoms with Gasteiger partial charge in [-0.2, -0.15) is 9.56 Å². The Kier molecular flexibility index (Phi) is 37.8. The van der Waals surface area contributed by atoms with Crippen LogP contribution in [0.15, 0.2) is 83.4 Å². The fourth-order valence-corrected chi connectivity index (χ4v) is 21.1. The van der Waals surface area contributed by atoms with Crippen molar-refractivity contribution in [2.75, 3.05) is 158 Å². The largest absolute Gasteiger partial charge is 0.463 e. The van der Waals surface area contributed by atoms with Crippen molar-refractivity contribution < 1.29 is 89.2 Å². The average Bonchev–Trinajstić information content (AvgIpc) is 1.54. The third-order valence-electron chi connectivity index (χ3n) is 24.7. The van der Waals surface area contributed by atoms with Gasteiger partial charge in [0.1, 0.15) is 95.9 Å². The number of pyridine rings is 2. The molecule has 15 heterocycles. The number of fused-ring (bicyclic) bond motifs is 5. The Morgan fingerprint density at radius 2 is 0.885 bits per heavy atom. The maximum atomic E-state index is 10.6. The number of aryl methyl sites for hydroxylation is 3. The molecule has 5 fully saturated rings. The van der Waals surface area contributed by atoms with Gasteiger partial charge in [0.05, 0.1) is 62.2 Å². The number of methoxy groups -OCH3 is 1. The minimum Gasteiger partial charge on any atom is -0.463 e. The third-order valence-corrected chi connectivity index (χ3v) is 32.1. The van der Waals surface area contributed by atoms with Crippen molar-refractivity contribution in [2.45, 2.75) is 223 Å². The van der Waals surface area contributed by atoms with Crippen molar-refractivity contribution in [3.05, 3.63) is 95.9 Å². The number of ether oxygens (including phenoxy) is 6. The smallest absolute Gasteiger partial charge is 0.397 e. The van der Waals surface area contributed by atoms with E-state index in [1.165, 1.54) is 30.9 Å². The number of aliphatic hydroxyl groups excluding tert-OH is 11. The number of hydrogen-bond donors (Lipinski definition) is 16. The zero-order chi connectivity index (χ0) is 102. The van der Waals surface area contributed by atoms with Crippen molar-refractivity contribution >= 4 is 163 Å². The Morgan fingerprint density at radius 3 is 1.35 bits per heavy atom. The molecule has 18 N–H and O–H groups in total. The van der Waals surface area contributed by atoms with E-state index in [4.69, 9.17) is 45.0 Å². The van der Waals surface area contributed by atoms with E-state index in [0.29, 0.717) is 155 Å². The lowest BCUT2D eigenvalue weighted by Gasteiger charge is -2.19. The molecule has 0 radical (unpaired) electrons. The highest BCUT2D eigenvalue weighted by Crippen LogP contribution is 2.47. The summed E-state index contributed by atoms with van der Waals surface area (Å²) in [6.07, 6.45) is 31.2. The molecule has 0 amide bonds. The molecule has 4 unspecified atom stereocenters. The molecule has 0 spiro atoms. The Labute approximate surface area is 814 Å². The second-order valence-corrected chi connectivity index (χ2v) is 61.4. The van der Waals surface area contributed by atoms with Crippen molar-refractivity contribution in [3.8, 4) is 6.01 Å². The summed E-state index contributed by atoms with van der Waals surface area (Å²) >= 11 is 0. The standard InChI is InChI=1S/C21H33N5O4P.C20H32N5O4P.C20H32N5O3P.C17H27N4O3P.C16H25N4O3P/c1-7-13(2)8-10-22-18-15-19(25-21(24-18)29-3)26(12-23-15)20-17(28)16(27)14(30-20)9-11-31(4,5)6;1-12(10-26)6-8-21-18-15-19(24-13(2)23-18)25(11-22-15)20-17(28)16(27)14(29-20)7-9-30(3,4)5;1-6-13(2)7-9-21-18-15-19(23-11-22-18)25(12-24-15)20-17(27)16(26)14(28-20)8-10-29(3,4)5;1-5-12-20-13-10(18)6-8-19-16(13)21(12)17-15(23)14(22)11(24-17)7-9-25(2,3)4;1-9-19-12-10(17)5-7-18-15(12)20(9)16-14(22)13(21)11(23-16)6-8-24(2,3)4/h8,12,14,16-17,27-28H,4,7,9-11H2,1-3,5-6H3,(H,22,24,25);6,11,14,16-17,20,26-28H,3,7-10H2,1-2,4-5H3,(H,21,23,24);7,11-12,14,16-17,20,26-27H,3,6,8-10H2,1-2,4-5H3,(H,21,22,23);6,8,11,14-15,17,22-23H,2,5,7,9H2,1,3-4H3,(H2,18,19);5,7,11,13-14,16,21-22H,2,6,8H2,1,3-4H3,(H2,17,18)/q+1;;;;/b13-8-,26-20?;12-6-;13-7-;;/t14-,16-,17-;2*14-,16-,17-,20?;11-,14-,15-,17?;11-,13-,14-,16?/m11111/s1. The quantitative estimate of drug-likeness (QED) is 0.0105. The first-order valence-electron chi connectivity index (χ1n) is 46.9. The molecule has 5 saturated heterocycles. The average molecular weight is 2030 g/mol. The number of nitrogens with zero attached hydrogens (tertiary/aromatic N) is 18. The molecule has 9 aromatic rings. The van der Waals surface area contributed by atoms with E-state index in [1.54, 1.807) is 66.9 Å². The Hall–Kier alpha value is -8.52. The molecule has 0 saturated carbocycles. The van der Waals surface area contributed by atoms with E-state index >= 15 is 0 Å². The molecular formula is C94H149N23O17P5+. The Bertz CT molecular complexity index is 6170. The second-order valence-electron chi connectivity index (χ2n) is 39.8. The number of hydrogen-bond acceptors (Lipinski definition) is 35. The van der Waals surface area contributed by atoms with Crippen molar-refractivity contribution in [1.82, 2.24) is 78.1 Å². The van der Waals surface area contributed by atoms with E-state index < -0.39 is 151 Å². The van der Waals surface area contributed by atoms with Crippen LogP contribution in [0.4, 0.5) is 40.3 Å². The fourth-order valence-electron chi connectivity index (χ4n) is 16.3. The minimum atomic E-state index is -1.27. The molecule has 6 aliphatic rings. The first-order valence-corrected chi connectivity index (χ1v) is 62.1. The number of aliphatic imine (C=N–C) groups is 1. The van der Waals surface area contributed by atoms with Gasteiger partial charge in [0.15, 0.2) is 82.1 Å². The van der Waals surface area contributed by atoms with Crippen LogP contribution in [0.25, 0.3) is 44.7 Å². The molecule has 0 aromatic carbocycles. The molecule has 15 rings (SSSR count). The molecule has 0 aliphatic carbocycles. The predicted molar refractivity (Wildman–Crippen MR) is 567 cm³/mol. The van der Waals surface area contributed by atoms with Crippen LogP contribution in [0.3, 0.4) is 0 Å². The van der Waals surface area contributed by atoms with Crippen LogP contribution in [-0.2, 0) is 30.1 Å². The van der Waals surface area contributed by atoms with E-state index in [-0.39, 0.29) is 18.5 Å². The van der Waals surface area contributed by atoms with Crippen LogP contribution in [-0.4, -0.2) is 405 Å². The monoisotopic (exact) mass is 2030 g/mol. The Morgan fingerprint density at radius 1 is 0.468 bits per heavy atom. The van der Waals surface area contributed by atoms with Gasteiger partial charge < -0.3 is 112 Å². The molecule has 766 valence electrons. The van der Waals surface area contributed by atoms with Crippen LogP contribution in [0.2, 0.25) is 0 Å². The number of nitrogens with two attached hydrogens (primary N) is 2. The van der Waals surface area contributed by atoms with Crippen molar-refractivity contribution in [2.24, 2.45) is 4.99 Å². The van der Waals surface area contributed by atoms with Crippen LogP contribution in [0.1, 0.15) is 129 Å². The highest BCUT2D eigenvalue weighted by molar-refractivity contribution is 7.73. The fraction of sp³-hybridized carbons (Fsp3) is 0.585. The van der Waals surface area contributed by atoms with Gasteiger partial charge in [-0.15, -0.1) is 65.9 Å². The van der Waals surface area contributed by atoms with Gasteiger partial charge >= 0.3 is 11.8 Å². The number of anilines is 5. The van der Waals surface area contributed by atoms with Gasteiger partial charge in [-0.25, -0.2) is 49.8 Å². The highest BCUT2D eigenvalue weighted by atomic mass is 31.2. The van der Waals surface area contributed by atoms with Gasteiger partial charge in [0, 0.05) is 38.4 Å². The zero-order valence-corrected chi connectivity index (χ0v) is 88.2. The SMILES string of the molecule is C=P(C)(C)CC[C@H]1OC(=[N+]2C=Nc3c(NC/C=C(/C)CC)nc(OC)nc32)[C@H](O)[C@@H]1O.C=P(C)(C)CC[C@H]1OC(n2c(C)nc3c(N)ccnc32)[C@H](O)[C@@H]1O.C=P(C)(C)CC[C@H]1OC(n2c(CC)nc3c(N)ccnc32)[C@H](O)[C@@H]1O.C=P(C)(C)CC[C@H]1OC(n2cnc3c(NC/C=C(/C)CC)ncnc32)[C@H](O)[C@@H]1O.C=P(C)(C)CC[C@H]1OC(n2cnc3c(NC/C=C(/C)CO)nc(C)nc32)[C@H](O)[C@@H]1O. The summed E-state index contributed by atoms with van der Waals surface area (Å²) in [5.74, 6) is 4.25. The summed E-state index contributed by atoms with van der Waals surface area (Å²) in [5, 5.41) is 124. The number of aromatic nitrogens is 16. The predicted octanol–water partition coefficient (Wildman–Crippen LogP) is 8.04. The normalized spacial score (nSPS) is 26.2. The number of nitrogen functional groups attached to an aromatic ring is 2. The summed E-state index contributed by atoms with van der Waals surface area (Å²) in [6, 6.07) is 3.55. The number of nitrogens with one attached hydrogen (secondary N) is 3. The maximum Gasteiger partial charge on any atom is 0.397 e. The Balaban J connectivity index is 0.000000167. The molecule has 6 aliphatic heterocycles. The molecule has 40 nitrogen and oxygen atoms in total. The first-order chi connectivity index (χ1) is 65.4. The van der Waals surface area contributed by atoms with E-state index in [0.717, 1.165) is 55.0 Å². The molecule has 0 bridgehead atoms. The number of aliphatic hydroxyl groups is 11. The first kappa shape index (κ1) is 111. The highest BCUT2D eigenvalue weighted by Gasteiger charge is 2.50. The minimum absolute atomic E-state index is 0.00217. The second kappa shape index (κ2) is 47.3. The van der Waals surface area contributed by atoms with E-state index in [9.17, 15) is 51.1 Å². The van der Waals surface area contributed by atoms with Gasteiger partial charge in [-0.1, -0.05) is 60.7 Å². The number of allylic oxidation sites excluding steroid dienone is 2. The van der Waals surface area contributed by atoms with Gasteiger partial charge in [-0.05, 0) is 194 Å². The van der Waals surface area contributed by atoms with Crippen LogP contribution < -0.4 is 32.2 Å². The van der Waals surface area contributed by atoms with Gasteiger partial charge in [-0.3, -0.25) is 18.3 Å². The lowest BCUT2D eigenvalue weighted by Crippen LogP contribution is -2.33. The number of rotatable bonds is 33. The van der Waals surface area contributed by atoms with Crippen molar-refractivity contribution in [3.63, 3.8) is 0 Å². The summed E-state index contributed by atoms with van der Waals surface area (Å²) in [7, 11) is 1.49. The van der Waals surface area contributed by atoms with Gasteiger partial charge in [0.25, 0.3) is 11.6 Å². The summed E-state index contributed by atoms with van der Waals surface area (Å²) in [6.45, 7) is 32.7. The molecule has 19 atom stereocenters. The number of imidazole rings is 4. The van der Waals surface area contributed by atoms with E-state index in [1.807, 2.05) is 26.8 Å².